The molecule has 1 rings (SSSR count). The first-order valence-corrected chi connectivity index (χ1v) is 8.58. The van der Waals surface area contributed by atoms with Crippen LogP contribution >= 0.6 is 11.8 Å². The zero-order valence-corrected chi connectivity index (χ0v) is 13.9. The van der Waals surface area contributed by atoms with E-state index in [0.717, 1.165) is 43.6 Å². The summed E-state index contributed by atoms with van der Waals surface area (Å²) in [5.74, 6) is 2.88. The van der Waals surface area contributed by atoms with Gasteiger partial charge < -0.3 is 19.9 Å². The second-order valence-electron chi connectivity index (χ2n) is 4.36. The average molecular weight is 314 g/mol. The molecule has 120 valence electrons. The van der Waals surface area contributed by atoms with Gasteiger partial charge in [-0.2, -0.15) is 11.8 Å². The first-order chi connectivity index (χ1) is 10.3. The highest BCUT2D eigenvalue weighted by molar-refractivity contribution is 7.98. The number of thioether (sulfide) groups is 1. The molecule has 0 unspecified atom stereocenters. The number of aryl methyl sites for hydroxylation is 1. The van der Waals surface area contributed by atoms with Crippen LogP contribution in [0.2, 0.25) is 0 Å². The molecule has 0 aliphatic rings. The zero-order valence-electron chi connectivity index (χ0n) is 13.1. The van der Waals surface area contributed by atoms with Gasteiger partial charge in [-0.3, -0.25) is 4.99 Å². The lowest BCUT2D eigenvalue weighted by molar-refractivity contribution is 0.208. The van der Waals surface area contributed by atoms with Crippen molar-refractivity contribution >= 4 is 17.7 Å². The Kier molecular flexibility index (Phi) is 9.64. The second kappa shape index (κ2) is 11.4. The summed E-state index contributed by atoms with van der Waals surface area (Å²) in [4.78, 5) is 4.47. The molecule has 0 saturated heterocycles. The summed E-state index contributed by atoms with van der Waals surface area (Å²) in [6, 6.07) is 0. The molecule has 0 aromatic carbocycles. The van der Waals surface area contributed by atoms with Crippen molar-refractivity contribution in [1.82, 2.24) is 25.4 Å². The molecule has 21 heavy (non-hydrogen) atoms. The minimum Gasteiger partial charge on any atom is -0.383 e. The molecule has 1 heterocycles. The number of nitrogens with one attached hydrogen (secondary N) is 2. The SMILES string of the molecule is CCc1nncn1CCNC(=NCCOC)NCCSC. The van der Waals surface area contributed by atoms with Crippen LogP contribution in [0.25, 0.3) is 0 Å². The molecule has 0 aliphatic carbocycles. The van der Waals surface area contributed by atoms with Crippen LogP contribution in [0.15, 0.2) is 11.3 Å². The summed E-state index contributed by atoms with van der Waals surface area (Å²) in [5, 5.41) is 14.6. The van der Waals surface area contributed by atoms with E-state index in [-0.39, 0.29) is 0 Å². The minimum absolute atomic E-state index is 0.626. The highest BCUT2D eigenvalue weighted by Crippen LogP contribution is 1.94. The Morgan fingerprint density at radius 1 is 1.43 bits per heavy atom. The van der Waals surface area contributed by atoms with Gasteiger partial charge in [-0.1, -0.05) is 6.92 Å². The van der Waals surface area contributed by atoms with Crippen molar-refractivity contribution in [3.8, 4) is 0 Å². The molecular weight excluding hydrogens is 288 g/mol. The molecule has 0 fully saturated rings. The van der Waals surface area contributed by atoms with E-state index in [1.165, 1.54) is 0 Å². The van der Waals surface area contributed by atoms with Crippen LogP contribution < -0.4 is 10.6 Å². The number of methoxy groups -OCH3 is 1. The number of guanidine groups is 1. The largest absolute Gasteiger partial charge is 0.383 e. The predicted octanol–water partition coefficient (Wildman–Crippen LogP) is 0.385. The van der Waals surface area contributed by atoms with Crippen LogP contribution in [0.3, 0.4) is 0 Å². The summed E-state index contributed by atoms with van der Waals surface area (Å²) in [5.41, 5.74) is 0. The van der Waals surface area contributed by atoms with Gasteiger partial charge in [0.05, 0.1) is 13.2 Å². The Balaban J connectivity index is 2.38. The van der Waals surface area contributed by atoms with E-state index in [1.54, 1.807) is 13.4 Å². The van der Waals surface area contributed by atoms with Gasteiger partial charge in [0.1, 0.15) is 12.2 Å². The smallest absolute Gasteiger partial charge is 0.191 e. The van der Waals surface area contributed by atoms with E-state index in [9.17, 15) is 0 Å². The topological polar surface area (TPSA) is 76.4 Å². The van der Waals surface area contributed by atoms with Gasteiger partial charge in [0.15, 0.2) is 5.96 Å². The van der Waals surface area contributed by atoms with E-state index >= 15 is 0 Å². The first kappa shape index (κ1) is 17.8. The van der Waals surface area contributed by atoms with Gasteiger partial charge in [-0.05, 0) is 6.26 Å². The van der Waals surface area contributed by atoms with Crippen LogP contribution in [0.5, 0.6) is 0 Å². The monoisotopic (exact) mass is 314 g/mol. The second-order valence-corrected chi connectivity index (χ2v) is 5.35. The third kappa shape index (κ3) is 7.33. The maximum absolute atomic E-state index is 5.02. The molecule has 1 aromatic heterocycles. The maximum Gasteiger partial charge on any atom is 0.191 e. The van der Waals surface area contributed by atoms with Gasteiger partial charge in [0.25, 0.3) is 0 Å². The molecule has 0 amide bonds. The molecule has 2 N–H and O–H groups in total. The Morgan fingerprint density at radius 3 is 2.95 bits per heavy atom. The third-order valence-electron chi connectivity index (χ3n) is 2.82. The van der Waals surface area contributed by atoms with Crippen LogP contribution in [0.1, 0.15) is 12.7 Å². The van der Waals surface area contributed by atoms with E-state index < -0.39 is 0 Å². The van der Waals surface area contributed by atoms with Gasteiger partial charge in [-0.25, -0.2) is 0 Å². The van der Waals surface area contributed by atoms with E-state index in [1.807, 2.05) is 11.8 Å². The van der Waals surface area contributed by atoms with E-state index in [0.29, 0.717) is 13.2 Å². The predicted molar refractivity (Wildman–Crippen MR) is 88.0 cm³/mol. The molecule has 0 radical (unpaired) electrons. The fraction of sp³-hybridized carbons (Fsp3) is 0.769. The zero-order chi connectivity index (χ0) is 15.3. The lowest BCUT2D eigenvalue weighted by Gasteiger charge is -2.13. The summed E-state index contributed by atoms with van der Waals surface area (Å²) in [6.45, 7) is 5.86. The third-order valence-corrected chi connectivity index (χ3v) is 3.43. The number of nitrogens with zero attached hydrogens (tertiary/aromatic N) is 4. The van der Waals surface area contributed by atoms with E-state index in [4.69, 9.17) is 4.74 Å². The number of hydrogen-bond acceptors (Lipinski definition) is 5. The van der Waals surface area contributed by atoms with Gasteiger partial charge >= 0.3 is 0 Å². The lowest BCUT2D eigenvalue weighted by atomic mass is 10.4. The molecular formula is C13H26N6OS. The average Bonchev–Trinajstić information content (AvgIpc) is 2.94. The molecule has 0 spiro atoms. The van der Waals surface area contributed by atoms with Gasteiger partial charge in [0.2, 0.25) is 0 Å². The van der Waals surface area contributed by atoms with Crippen molar-refractivity contribution < 1.29 is 4.74 Å². The molecule has 0 bridgehead atoms. The highest BCUT2D eigenvalue weighted by atomic mass is 32.2. The molecule has 7 nitrogen and oxygen atoms in total. The fourth-order valence-corrected chi connectivity index (χ4v) is 2.03. The standard InChI is InChI=1S/C13H26N6OS/c1-4-12-18-17-11-19(12)8-5-14-13(15-6-9-20-2)16-7-10-21-3/h11H,4-10H2,1-3H3,(H2,14,15,16). The molecule has 1 aromatic rings. The summed E-state index contributed by atoms with van der Waals surface area (Å²) in [6.07, 6.45) is 4.75. The Hall–Kier alpha value is -1.28. The number of aliphatic imine (C=N–C) groups is 1. The maximum atomic E-state index is 5.02. The Morgan fingerprint density at radius 2 is 2.24 bits per heavy atom. The minimum atomic E-state index is 0.626. The molecule has 0 atom stereocenters. The fourth-order valence-electron chi connectivity index (χ4n) is 1.73. The molecule has 8 heteroatoms. The van der Waals surface area contributed by atoms with Crippen molar-refractivity contribution in [2.75, 3.05) is 45.4 Å². The summed E-state index contributed by atoms with van der Waals surface area (Å²) in [7, 11) is 1.68. The summed E-state index contributed by atoms with van der Waals surface area (Å²) >= 11 is 1.81. The Labute approximate surface area is 131 Å². The Bertz CT molecular complexity index is 409. The number of rotatable bonds is 10. The lowest BCUT2D eigenvalue weighted by Crippen LogP contribution is -2.40. The number of aromatic nitrogens is 3. The van der Waals surface area contributed by atoms with E-state index in [2.05, 4.69) is 43.6 Å². The van der Waals surface area contributed by atoms with Crippen LogP contribution in [0, 0.1) is 0 Å². The number of hydrogen-bond donors (Lipinski definition) is 2. The van der Waals surface area contributed by atoms with Crippen molar-refractivity contribution in [3.05, 3.63) is 12.2 Å². The van der Waals surface area contributed by atoms with Crippen LogP contribution in [0.4, 0.5) is 0 Å². The highest BCUT2D eigenvalue weighted by Gasteiger charge is 2.02. The summed E-state index contributed by atoms with van der Waals surface area (Å²) < 4.78 is 7.08. The van der Waals surface area contributed by atoms with Crippen molar-refractivity contribution in [3.63, 3.8) is 0 Å². The molecule has 0 saturated carbocycles. The van der Waals surface area contributed by atoms with Crippen LogP contribution in [-0.2, 0) is 17.7 Å². The van der Waals surface area contributed by atoms with Crippen molar-refractivity contribution in [2.45, 2.75) is 19.9 Å². The first-order valence-electron chi connectivity index (χ1n) is 7.18. The normalized spacial score (nSPS) is 11.7. The van der Waals surface area contributed by atoms with Gasteiger partial charge in [0, 0.05) is 38.9 Å². The molecule has 0 aliphatic heterocycles. The number of ether oxygens (including phenoxy) is 1. The van der Waals surface area contributed by atoms with Crippen molar-refractivity contribution in [2.24, 2.45) is 4.99 Å². The van der Waals surface area contributed by atoms with Crippen LogP contribution in [-0.4, -0.2) is 66.1 Å². The van der Waals surface area contributed by atoms with Gasteiger partial charge in [-0.15, -0.1) is 10.2 Å². The van der Waals surface area contributed by atoms with Crippen molar-refractivity contribution in [1.29, 1.82) is 0 Å². The quantitative estimate of drug-likeness (QED) is 0.369.